The fourth-order valence-electron chi connectivity index (χ4n) is 2.30. The highest BCUT2D eigenvalue weighted by Gasteiger charge is 2.31. The van der Waals surface area contributed by atoms with Crippen molar-refractivity contribution in [2.45, 2.75) is 18.9 Å². The smallest absolute Gasteiger partial charge is 0.287 e. The van der Waals surface area contributed by atoms with Crippen molar-refractivity contribution in [3.8, 4) is 0 Å². The van der Waals surface area contributed by atoms with E-state index >= 15 is 0 Å². The molecule has 0 spiro atoms. The maximum absolute atomic E-state index is 12.2. The average molecular weight is 253 g/mol. The molecule has 1 fully saturated rings. The number of rotatable bonds is 3. The molecule has 1 aliphatic heterocycles. The Kier molecular flexibility index (Phi) is 3.33. The van der Waals surface area contributed by atoms with Crippen LogP contribution in [0.2, 0.25) is 0 Å². The molecule has 0 unspecified atom stereocenters. The molecular weight excluding hydrogens is 238 g/mol. The van der Waals surface area contributed by atoms with E-state index in [1.165, 1.54) is 16.8 Å². The fraction of sp³-hybridized carbons (Fsp3) is 0.545. The molecule has 1 aromatic heterocycles. The lowest BCUT2D eigenvalue weighted by Gasteiger charge is -2.22. The Hall–Kier alpha value is -1.89. The van der Waals surface area contributed by atoms with Crippen LogP contribution in [0.1, 0.15) is 23.3 Å². The van der Waals surface area contributed by atoms with Crippen LogP contribution in [0.4, 0.5) is 5.69 Å². The quantitative estimate of drug-likeness (QED) is 0.628. The molecule has 1 atom stereocenters. The van der Waals surface area contributed by atoms with Gasteiger partial charge in [-0.15, -0.1) is 0 Å². The summed E-state index contributed by atoms with van der Waals surface area (Å²) < 4.78 is 1.45. The highest BCUT2D eigenvalue weighted by atomic mass is 16.6. The minimum absolute atomic E-state index is 0.0712. The number of aliphatic hydroxyl groups is 1. The van der Waals surface area contributed by atoms with E-state index in [1.807, 2.05) is 0 Å². The van der Waals surface area contributed by atoms with E-state index in [0.29, 0.717) is 6.54 Å². The summed E-state index contributed by atoms with van der Waals surface area (Å²) in [5, 5.41) is 19.8. The molecule has 2 rings (SSSR count). The predicted octanol–water partition coefficient (Wildman–Crippen LogP) is 0.530. The monoisotopic (exact) mass is 253 g/mol. The number of hydrogen-bond acceptors (Lipinski definition) is 4. The molecule has 1 aromatic rings. The van der Waals surface area contributed by atoms with Gasteiger partial charge in [-0.3, -0.25) is 14.9 Å². The summed E-state index contributed by atoms with van der Waals surface area (Å²) in [4.78, 5) is 24.0. The van der Waals surface area contributed by atoms with Crippen LogP contribution < -0.4 is 0 Å². The van der Waals surface area contributed by atoms with Crippen molar-refractivity contribution in [1.82, 2.24) is 9.47 Å². The van der Waals surface area contributed by atoms with Crippen LogP contribution in [-0.2, 0) is 7.05 Å². The number of aliphatic hydroxyl groups excluding tert-OH is 1. The van der Waals surface area contributed by atoms with E-state index in [1.54, 1.807) is 11.9 Å². The largest absolute Gasteiger partial charge is 0.394 e. The maximum Gasteiger partial charge on any atom is 0.287 e. The van der Waals surface area contributed by atoms with Gasteiger partial charge in [0.2, 0.25) is 0 Å². The minimum atomic E-state index is -0.524. The van der Waals surface area contributed by atoms with Gasteiger partial charge in [-0.05, 0) is 12.8 Å². The molecule has 98 valence electrons. The number of aryl methyl sites for hydroxylation is 1. The number of nitrogens with zero attached hydrogens (tertiary/aromatic N) is 3. The van der Waals surface area contributed by atoms with E-state index in [2.05, 4.69) is 0 Å². The lowest BCUT2D eigenvalue weighted by molar-refractivity contribution is -0.384. The second-order valence-electron chi connectivity index (χ2n) is 4.43. The first-order chi connectivity index (χ1) is 8.54. The van der Waals surface area contributed by atoms with Crippen LogP contribution in [0.5, 0.6) is 0 Å². The van der Waals surface area contributed by atoms with Crippen LogP contribution >= 0.6 is 0 Å². The van der Waals surface area contributed by atoms with Crippen molar-refractivity contribution < 1.29 is 14.8 Å². The lowest BCUT2D eigenvalue weighted by atomic mass is 10.2. The van der Waals surface area contributed by atoms with Crippen LogP contribution in [0.3, 0.4) is 0 Å². The molecule has 0 aromatic carbocycles. The number of hydrogen-bond donors (Lipinski definition) is 1. The zero-order valence-electron chi connectivity index (χ0n) is 10.1. The highest BCUT2D eigenvalue weighted by Crippen LogP contribution is 2.22. The van der Waals surface area contributed by atoms with Crippen molar-refractivity contribution in [3.05, 3.63) is 28.1 Å². The molecule has 0 aliphatic carbocycles. The van der Waals surface area contributed by atoms with Gasteiger partial charge in [0.15, 0.2) is 0 Å². The molecule has 1 aliphatic rings. The molecular formula is C11H15N3O4. The van der Waals surface area contributed by atoms with Gasteiger partial charge in [0, 0.05) is 19.7 Å². The normalized spacial score (nSPS) is 19.2. The molecule has 0 radical (unpaired) electrons. The van der Waals surface area contributed by atoms with E-state index < -0.39 is 4.92 Å². The fourth-order valence-corrected chi connectivity index (χ4v) is 2.30. The van der Waals surface area contributed by atoms with Crippen LogP contribution in [0.15, 0.2) is 12.3 Å². The Balaban J connectivity index is 2.25. The molecule has 1 amide bonds. The molecule has 7 nitrogen and oxygen atoms in total. The summed E-state index contributed by atoms with van der Waals surface area (Å²) in [7, 11) is 1.60. The van der Waals surface area contributed by atoms with Crippen molar-refractivity contribution in [2.75, 3.05) is 13.2 Å². The first-order valence-corrected chi connectivity index (χ1v) is 5.77. The Morgan fingerprint density at radius 1 is 1.67 bits per heavy atom. The number of amides is 1. The number of nitro groups is 1. The highest BCUT2D eigenvalue weighted by molar-refractivity contribution is 5.94. The number of aromatic nitrogens is 1. The minimum Gasteiger partial charge on any atom is -0.394 e. The van der Waals surface area contributed by atoms with Gasteiger partial charge in [0.1, 0.15) is 5.69 Å². The van der Waals surface area contributed by atoms with Crippen LogP contribution in [0.25, 0.3) is 0 Å². The molecule has 2 heterocycles. The van der Waals surface area contributed by atoms with Gasteiger partial charge in [0.25, 0.3) is 11.6 Å². The van der Waals surface area contributed by atoms with E-state index in [4.69, 9.17) is 0 Å². The Labute approximate surface area is 104 Å². The molecule has 0 bridgehead atoms. The average Bonchev–Trinajstić information content (AvgIpc) is 2.93. The Morgan fingerprint density at radius 2 is 2.39 bits per heavy atom. The SMILES string of the molecule is Cn1cc([N+](=O)[O-])cc1C(=O)N1CCC[C@@H]1CO. The van der Waals surface area contributed by atoms with Crippen LogP contribution in [-0.4, -0.2) is 44.6 Å². The first-order valence-electron chi connectivity index (χ1n) is 5.77. The molecule has 7 heteroatoms. The summed E-state index contributed by atoms with van der Waals surface area (Å²) in [5.74, 6) is -0.262. The van der Waals surface area contributed by atoms with Gasteiger partial charge in [-0.25, -0.2) is 0 Å². The van der Waals surface area contributed by atoms with Crippen LogP contribution in [0, 0.1) is 10.1 Å². The topological polar surface area (TPSA) is 88.6 Å². The van der Waals surface area contributed by atoms with Crippen molar-refractivity contribution in [2.24, 2.45) is 7.05 Å². The third-order valence-electron chi connectivity index (χ3n) is 3.27. The molecule has 1 saturated heterocycles. The molecule has 1 N–H and O–H groups in total. The maximum atomic E-state index is 12.2. The van der Waals surface area contributed by atoms with Gasteiger partial charge < -0.3 is 14.6 Å². The molecule has 18 heavy (non-hydrogen) atoms. The van der Waals surface area contributed by atoms with E-state index in [9.17, 15) is 20.0 Å². The van der Waals surface area contributed by atoms with Gasteiger partial charge in [-0.2, -0.15) is 0 Å². The zero-order chi connectivity index (χ0) is 13.3. The predicted molar refractivity (Wildman–Crippen MR) is 63.2 cm³/mol. The third-order valence-corrected chi connectivity index (χ3v) is 3.27. The summed E-state index contributed by atoms with van der Waals surface area (Å²) in [6.45, 7) is 0.515. The second kappa shape index (κ2) is 4.77. The van der Waals surface area contributed by atoms with E-state index in [-0.39, 0.29) is 29.9 Å². The van der Waals surface area contributed by atoms with Crippen molar-refractivity contribution in [3.63, 3.8) is 0 Å². The summed E-state index contributed by atoms with van der Waals surface area (Å²) in [5.41, 5.74) is 0.183. The number of carbonyl (C=O) groups excluding carboxylic acids is 1. The summed E-state index contributed by atoms with van der Waals surface area (Å²) >= 11 is 0. The number of likely N-dealkylation sites (tertiary alicyclic amines) is 1. The molecule has 0 saturated carbocycles. The van der Waals surface area contributed by atoms with Gasteiger partial charge in [0.05, 0.1) is 23.8 Å². The van der Waals surface area contributed by atoms with Gasteiger partial charge >= 0.3 is 0 Å². The van der Waals surface area contributed by atoms with Crippen molar-refractivity contribution >= 4 is 11.6 Å². The summed E-state index contributed by atoms with van der Waals surface area (Å²) in [6, 6.07) is 1.10. The Morgan fingerprint density at radius 3 is 2.94 bits per heavy atom. The first kappa shape index (κ1) is 12.6. The van der Waals surface area contributed by atoms with Gasteiger partial charge in [-0.1, -0.05) is 0 Å². The Bertz CT molecular complexity index is 483. The van der Waals surface area contributed by atoms with Crippen molar-refractivity contribution in [1.29, 1.82) is 0 Å². The zero-order valence-corrected chi connectivity index (χ0v) is 10.1. The lowest BCUT2D eigenvalue weighted by Crippen LogP contribution is -2.38. The third kappa shape index (κ3) is 2.08. The second-order valence-corrected chi connectivity index (χ2v) is 4.43. The van der Waals surface area contributed by atoms with E-state index in [0.717, 1.165) is 12.8 Å². The standard InChI is InChI=1S/C11H15N3O4/c1-12-6-9(14(17)18)5-10(12)11(16)13-4-2-3-8(13)7-15/h5-6,8,15H,2-4,7H2,1H3/t8-/m1/s1. The number of carbonyl (C=O) groups is 1. The summed E-state index contributed by atoms with van der Waals surface area (Å²) in [6.07, 6.45) is 2.94.